The van der Waals surface area contributed by atoms with Crippen LogP contribution in [-0.4, -0.2) is 74.8 Å². The molecular weight excluding hydrogens is 608 g/mol. The van der Waals surface area contributed by atoms with Crippen LogP contribution in [0.15, 0.2) is 72.9 Å². The summed E-state index contributed by atoms with van der Waals surface area (Å²) in [6.07, 6.45) is 2.56. The second kappa shape index (κ2) is 18.3. The molecule has 1 aliphatic rings. The van der Waals surface area contributed by atoms with Gasteiger partial charge in [-0.3, -0.25) is 4.79 Å². The first kappa shape index (κ1) is 35.0. The minimum absolute atomic E-state index is 0.0124. The van der Waals surface area contributed by atoms with Crippen LogP contribution in [0.1, 0.15) is 50.0 Å². The number of carbonyl (C=O) groups excluding carboxylic acids is 3. The summed E-state index contributed by atoms with van der Waals surface area (Å²) in [4.78, 5) is 43.0. The number of ether oxygens (including phenoxy) is 7. The zero-order chi connectivity index (χ0) is 33.4. The number of amides is 1. The standard InChI is InChI=1S/C35H42N2O10/c1-4-42-22-30(38)44-23-45-33-29(41-3)18-20-36-31(33)34(39)37-28-17-11-12-25(19-21-43-26-13-7-5-8-14-26)32(24(2)46-35(28)40)47-27-15-9-6-10-16-27/h5-10,13-16,18,20,24-25,28,32H,4,11-12,17,19,21-23H2,1-3H3,(H,37,39). The Balaban J connectivity index is 1.46. The highest BCUT2D eigenvalue weighted by Gasteiger charge is 2.36. The van der Waals surface area contributed by atoms with Gasteiger partial charge in [0.15, 0.2) is 17.2 Å². The normalized spacial score (nSPS) is 19.6. The molecular formula is C35H42N2O10. The summed E-state index contributed by atoms with van der Waals surface area (Å²) in [5.74, 6) is -0.337. The predicted octanol–water partition coefficient (Wildman–Crippen LogP) is 4.75. The van der Waals surface area contributed by atoms with Crippen LogP contribution in [-0.2, 0) is 23.8 Å². The molecule has 3 aromatic rings. The van der Waals surface area contributed by atoms with E-state index in [1.807, 2.05) is 60.7 Å². The summed E-state index contributed by atoms with van der Waals surface area (Å²) < 4.78 is 39.3. The Morgan fingerprint density at radius 2 is 1.70 bits per heavy atom. The first-order valence-electron chi connectivity index (χ1n) is 15.7. The first-order valence-corrected chi connectivity index (χ1v) is 15.7. The van der Waals surface area contributed by atoms with Crippen molar-refractivity contribution in [2.45, 2.75) is 57.8 Å². The third kappa shape index (κ3) is 10.6. The number of nitrogens with zero attached hydrogens (tertiary/aromatic N) is 1. The highest BCUT2D eigenvalue weighted by atomic mass is 16.7. The van der Waals surface area contributed by atoms with Gasteiger partial charge in [-0.25, -0.2) is 14.6 Å². The van der Waals surface area contributed by atoms with E-state index in [-0.39, 0.29) is 29.7 Å². The van der Waals surface area contributed by atoms with E-state index in [0.717, 1.165) is 5.75 Å². The Hall–Kier alpha value is -4.84. The van der Waals surface area contributed by atoms with Gasteiger partial charge in [0, 0.05) is 24.8 Å². The lowest BCUT2D eigenvalue weighted by molar-refractivity contribution is -0.156. The SMILES string of the molecule is CCOCC(=O)OCOc1c(OC)ccnc1C(=O)NC1CCCC(CCOc2ccccc2)C(Oc2ccccc2)C(C)OC1=O. The molecule has 4 rings (SSSR count). The first-order chi connectivity index (χ1) is 22.9. The fourth-order valence-electron chi connectivity index (χ4n) is 5.22. The lowest BCUT2D eigenvalue weighted by Gasteiger charge is -2.31. The molecule has 1 fully saturated rings. The molecule has 1 saturated heterocycles. The van der Waals surface area contributed by atoms with Crippen molar-refractivity contribution in [2.75, 3.05) is 33.7 Å². The molecule has 0 radical (unpaired) electrons. The van der Waals surface area contributed by atoms with Crippen molar-refractivity contribution >= 4 is 17.8 Å². The maximum Gasteiger partial charge on any atom is 0.334 e. The van der Waals surface area contributed by atoms with Crippen LogP contribution in [0, 0.1) is 5.92 Å². The van der Waals surface area contributed by atoms with Crippen molar-refractivity contribution < 1.29 is 47.5 Å². The van der Waals surface area contributed by atoms with Gasteiger partial charge in [-0.1, -0.05) is 42.8 Å². The minimum atomic E-state index is -0.966. The molecule has 1 N–H and O–H groups in total. The molecule has 1 amide bonds. The molecule has 4 atom stereocenters. The number of nitrogens with one attached hydrogen (secondary N) is 1. The second-order valence-electron chi connectivity index (χ2n) is 10.8. The van der Waals surface area contributed by atoms with Crippen LogP contribution >= 0.6 is 0 Å². The summed E-state index contributed by atoms with van der Waals surface area (Å²) >= 11 is 0. The third-order valence-corrected chi connectivity index (χ3v) is 7.55. The molecule has 0 bridgehead atoms. The lowest BCUT2D eigenvalue weighted by Crippen LogP contribution is -2.45. The molecule has 1 aromatic heterocycles. The highest BCUT2D eigenvalue weighted by molar-refractivity contribution is 5.98. The van der Waals surface area contributed by atoms with E-state index in [1.54, 1.807) is 13.8 Å². The highest BCUT2D eigenvalue weighted by Crippen LogP contribution is 2.31. The zero-order valence-corrected chi connectivity index (χ0v) is 26.9. The number of carbonyl (C=O) groups is 3. The van der Waals surface area contributed by atoms with Crippen LogP contribution in [0.25, 0.3) is 0 Å². The number of hydrogen-bond donors (Lipinski definition) is 1. The summed E-state index contributed by atoms with van der Waals surface area (Å²) in [6, 6.07) is 19.5. The Labute approximate surface area is 274 Å². The lowest BCUT2D eigenvalue weighted by atomic mass is 9.89. The number of esters is 2. The van der Waals surface area contributed by atoms with Crippen molar-refractivity contribution in [3.05, 3.63) is 78.6 Å². The number of para-hydroxylation sites is 2. The summed E-state index contributed by atoms with van der Waals surface area (Å²) in [5, 5.41) is 2.76. The van der Waals surface area contributed by atoms with Gasteiger partial charge in [0.05, 0.1) is 13.7 Å². The summed E-state index contributed by atoms with van der Waals surface area (Å²) in [6.45, 7) is 3.61. The summed E-state index contributed by atoms with van der Waals surface area (Å²) in [7, 11) is 1.40. The largest absolute Gasteiger partial charge is 0.494 e. The van der Waals surface area contributed by atoms with Crippen molar-refractivity contribution in [2.24, 2.45) is 5.92 Å². The Morgan fingerprint density at radius 1 is 0.979 bits per heavy atom. The van der Waals surface area contributed by atoms with E-state index in [4.69, 9.17) is 33.2 Å². The van der Waals surface area contributed by atoms with E-state index in [2.05, 4.69) is 10.3 Å². The van der Waals surface area contributed by atoms with Crippen molar-refractivity contribution in [1.82, 2.24) is 10.3 Å². The molecule has 0 aliphatic carbocycles. The molecule has 12 nitrogen and oxygen atoms in total. The van der Waals surface area contributed by atoms with Crippen LogP contribution in [0.4, 0.5) is 0 Å². The molecule has 0 saturated carbocycles. The molecule has 4 unspecified atom stereocenters. The van der Waals surface area contributed by atoms with Gasteiger partial charge >= 0.3 is 11.9 Å². The fourth-order valence-corrected chi connectivity index (χ4v) is 5.22. The number of hydrogen-bond acceptors (Lipinski definition) is 11. The number of rotatable bonds is 15. The quantitative estimate of drug-likeness (QED) is 0.180. The number of methoxy groups -OCH3 is 1. The van der Waals surface area contributed by atoms with E-state index in [1.165, 1.54) is 19.4 Å². The van der Waals surface area contributed by atoms with Crippen molar-refractivity contribution in [3.8, 4) is 23.0 Å². The molecule has 252 valence electrons. The maximum atomic E-state index is 13.5. The molecule has 47 heavy (non-hydrogen) atoms. The Bertz CT molecular complexity index is 1420. The van der Waals surface area contributed by atoms with Gasteiger partial charge in [0.25, 0.3) is 5.91 Å². The smallest absolute Gasteiger partial charge is 0.334 e. The molecule has 0 spiro atoms. The second-order valence-corrected chi connectivity index (χ2v) is 10.8. The van der Waals surface area contributed by atoms with E-state index < -0.39 is 42.9 Å². The van der Waals surface area contributed by atoms with Crippen LogP contribution in [0.3, 0.4) is 0 Å². The van der Waals surface area contributed by atoms with E-state index in [0.29, 0.717) is 44.6 Å². The van der Waals surface area contributed by atoms with Gasteiger partial charge in [-0.05, 0) is 57.4 Å². The van der Waals surface area contributed by atoms with Crippen LogP contribution < -0.4 is 24.3 Å². The maximum absolute atomic E-state index is 13.5. The number of benzene rings is 2. The van der Waals surface area contributed by atoms with E-state index >= 15 is 0 Å². The van der Waals surface area contributed by atoms with E-state index in [9.17, 15) is 14.4 Å². The van der Waals surface area contributed by atoms with Crippen molar-refractivity contribution in [3.63, 3.8) is 0 Å². The molecule has 1 aliphatic heterocycles. The monoisotopic (exact) mass is 650 g/mol. The Morgan fingerprint density at radius 3 is 2.40 bits per heavy atom. The topological polar surface area (TPSA) is 141 Å². The van der Waals surface area contributed by atoms with Gasteiger partial charge < -0.3 is 38.5 Å². The zero-order valence-electron chi connectivity index (χ0n) is 26.9. The minimum Gasteiger partial charge on any atom is -0.494 e. The fraction of sp³-hybridized carbons (Fsp3) is 0.429. The average molecular weight is 651 g/mol. The van der Waals surface area contributed by atoms with Gasteiger partial charge in [0.1, 0.15) is 36.4 Å². The van der Waals surface area contributed by atoms with Crippen LogP contribution in [0.5, 0.6) is 23.0 Å². The third-order valence-electron chi connectivity index (χ3n) is 7.55. The Kier molecular flexibility index (Phi) is 13.7. The number of cyclic esters (lactones) is 1. The molecule has 2 aromatic carbocycles. The van der Waals surface area contributed by atoms with Crippen LogP contribution in [0.2, 0.25) is 0 Å². The predicted molar refractivity (Wildman–Crippen MR) is 170 cm³/mol. The number of pyridine rings is 1. The molecule has 12 heteroatoms. The van der Waals surface area contributed by atoms with Gasteiger partial charge in [0.2, 0.25) is 6.79 Å². The molecule has 2 heterocycles. The van der Waals surface area contributed by atoms with Crippen molar-refractivity contribution in [1.29, 1.82) is 0 Å². The summed E-state index contributed by atoms with van der Waals surface area (Å²) in [5.41, 5.74) is -0.146. The van der Waals surface area contributed by atoms with Gasteiger partial charge in [-0.15, -0.1) is 0 Å². The number of aromatic nitrogens is 1. The van der Waals surface area contributed by atoms with Gasteiger partial charge in [-0.2, -0.15) is 0 Å². The average Bonchev–Trinajstić information content (AvgIpc) is 3.13.